The fourth-order valence-electron chi connectivity index (χ4n) is 2.77. The second-order valence-corrected chi connectivity index (χ2v) is 7.80. The van der Waals surface area contributed by atoms with Crippen LogP contribution < -0.4 is 14.8 Å². The maximum absolute atomic E-state index is 12.2. The molecule has 31 heavy (non-hydrogen) atoms. The van der Waals surface area contributed by atoms with Gasteiger partial charge in [0.05, 0.1) is 26.0 Å². The van der Waals surface area contributed by atoms with Crippen molar-refractivity contribution in [1.82, 2.24) is 4.98 Å². The molecule has 0 fully saturated rings. The topological polar surface area (TPSA) is 86.8 Å². The molecule has 2 rings (SSSR count). The maximum atomic E-state index is 12.2. The first-order valence-corrected chi connectivity index (χ1v) is 11.2. The molecule has 0 bridgehead atoms. The zero-order valence-electron chi connectivity index (χ0n) is 18.5. The summed E-state index contributed by atoms with van der Waals surface area (Å²) >= 11 is 1.09. The quantitative estimate of drug-likeness (QED) is 0.272. The molecule has 0 spiro atoms. The van der Waals surface area contributed by atoms with Crippen LogP contribution >= 0.6 is 11.3 Å². The summed E-state index contributed by atoms with van der Waals surface area (Å²) in [6, 6.07) is 5.52. The highest BCUT2D eigenvalue weighted by Crippen LogP contribution is 2.29. The van der Waals surface area contributed by atoms with E-state index in [9.17, 15) is 9.59 Å². The van der Waals surface area contributed by atoms with Gasteiger partial charge in [0.15, 0.2) is 16.6 Å². The number of amides is 1. The molecule has 7 nitrogen and oxygen atoms in total. The minimum atomic E-state index is -0.437. The first-order chi connectivity index (χ1) is 15.0. The third-order valence-electron chi connectivity index (χ3n) is 4.36. The number of benzene rings is 1. The lowest BCUT2D eigenvalue weighted by Gasteiger charge is -2.11. The van der Waals surface area contributed by atoms with Crippen molar-refractivity contribution in [2.24, 2.45) is 0 Å². The van der Waals surface area contributed by atoms with Crippen molar-refractivity contribution in [2.45, 2.75) is 46.5 Å². The number of nitrogens with one attached hydrogen (secondary N) is 1. The van der Waals surface area contributed by atoms with Crippen molar-refractivity contribution in [3.63, 3.8) is 0 Å². The average molecular weight is 447 g/mol. The van der Waals surface area contributed by atoms with E-state index in [2.05, 4.69) is 17.2 Å². The highest BCUT2D eigenvalue weighted by Gasteiger charge is 2.17. The highest BCUT2D eigenvalue weighted by molar-refractivity contribution is 7.17. The number of hydrogen-bond donors (Lipinski definition) is 1. The van der Waals surface area contributed by atoms with Gasteiger partial charge in [-0.25, -0.2) is 9.78 Å². The lowest BCUT2D eigenvalue weighted by Crippen LogP contribution is -2.07. The van der Waals surface area contributed by atoms with Gasteiger partial charge < -0.3 is 14.2 Å². The van der Waals surface area contributed by atoms with Gasteiger partial charge in [-0.15, -0.1) is 0 Å². The summed E-state index contributed by atoms with van der Waals surface area (Å²) in [5, 5.41) is 3.02. The number of aromatic nitrogens is 1. The Kier molecular flexibility index (Phi) is 10.0. The molecule has 1 N–H and O–H groups in total. The minimum absolute atomic E-state index is 0.284. The lowest BCUT2D eigenvalue weighted by atomic mass is 10.2. The smallest absolute Gasteiger partial charge is 0.350 e. The molecule has 0 aliphatic rings. The first-order valence-electron chi connectivity index (χ1n) is 10.4. The molecule has 0 aliphatic carbocycles. The number of thiazole rings is 1. The second-order valence-electron chi connectivity index (χ2n) is 6.80. The summed E-state index contributed by atoms with van der Waals surface area (Å²) in [5.74, 6) is 0.519. The van der Waals surface area contributed by atoms with Gasteiger partial charge >= 0.3 is 5.97 Å². The number of unbranched alkanes of at least 4 members (excludes halogenated alkanes) is 3. The molecule has 0 aliphatic heterocycles. The summed E-state index contributed by atoms with van der Waals surface area (Å²) in [4.78, 5) is 28.7. The molecule has 0 saturated heterocycles. The number of methoxy groups -OCH3 is 1. The highest BCUT2D eigenvalue weighted by atomic mass is 32.1. The van der Waals surface area contributed by atoms with Gasteiger partial charge in [-0.1, -0.05) is 43.6 Å². The van der Waals surface area contributed by atoms with Gasteiger partial charge in [-0.2, -0.15) is 0 Å². The third-order valence-corrected chi connectivity index (χ3v) is 5.41. The molecule has 0 atom stereocenters. The van der Waals surface area contributed by atoms with Crippen LogP contribution in [0.3, 0.4) is 0 Å². The molecule has 168 valence electrons. The number of nitrogens with zero attached hydrogens (tertiary/aromatic N) is 1. The predicted octanol–water partition coefficient (Wildman–Crippen LogP) is 5.25. The van der Waals surface area contributed by atoms with Crippen LogP contribution in [-0.4, -0.2) is 37.2 Å². The molecule has 0 radical (unpaired) electrons. The molecule has 1 amide bonds. The summed E-state index contributed by atoms with van der Waals surface area (Å²) in [5.41, 5.74) is 1.32. The van der Waals surface area contributed by atoms with E-state index in [0.717, 1.165) is 29.7 Å². The van der Waals surface area contributed by atoms with E-state index >= 15 is 0 Å². The number of ether oxygens (including phenoxy) is 3. The van der Waals surface area contributed by atoms with E-state index in [1.807, 2.05) is 18.2 Å². The number of carbonyl (C=O) groups excluding carboxylic acids is 2. The summed E-state index contributed by atoms with van der Waals surface area (Å²) in [7, 11) is 1.59. The Morgan fingerprint density at radius 1 is 1.16 bits per heavy atom. The molecule has 1 aromatic heterocycles. The summed E-state index contributed by atoms with van der Waals surface area (Å²) < 4.78 is 16.2. The molecular formula is C23H30N2O5S. The van der Waals surface area contributed by atoms with Crippen LogP contribution in [-0.2, 0) is 9.53 Å². The van der Waals surface area contributed by atoms with Gasteiger partial charge in [-0.3, -0.25) is 10.1 Å². The van der Waals surface area contributed by atoms with Gasteiger partial charge in [-0.05, 0) is 44.0 Å². The number of anilines is 1. The molecule has 1 heterocycles. The Bertz CT molecular complexity index is 907. The number of carbonyl (C=O) groups is 2. The Labute approximate surface area is 187 Å². The van der Waals surface area contributed by atoms with E-state index < -0.39 is 5.97 Å². The molecule has 0 saturated carbocycles. The van der Waals surface area contributed by atoms with Gasteiger partial charge in [0.2, 0.25) is 5.91 Å². The van der Waals surface area contributed by atoms with E-state index in [1.54, 1.807) is 27.0 Å². The van der Waals surface area contributed by atoms with E-state index in [1.165, 1.54) is 18.9 Å². The van der Waals surface area contributed by atoms with Crippen LogP contribution in [0.4, 0.5) is 5.13 Å². The van der Waals surface area contributed by atoms with Crippen LogP contribution in [0, 0.1) is 6.92 Å². The zero-order valence-corrected chi connectivity index (χ0v) is 19.3. The zero-order chi connectivity index (χ0) is 22.6. The summed E-state index contributed by atoms with van der Waals surface area (Å²) in [6.45, 7) is 6.55. The van der Waals surface area contributed by atoms with Gasteiger partial charge in [0.25, 0.3) is 0 Å². The van der Waals surface area contributed by atoms with Crippen LogP contribution in [0.2, 0.25) is 0 Å². The van der Waals surface area contributed by atoms with Gasteiger partial charge in [0.1, 0.15) is 4.88 Å². The van der Waals surface area contributed by atoms with Crippen LogP contribution in [0.1, 0.15) is 60.5 Å². The second kappa shape index (κ2) is 12.7. The molecule has 8 heteroatoms. The van der Waals surface area contributed by atoms with Crippen molar-refractivity contribution in [1.29, 1.82) is 0 Å². The fourth-order valence-corrected chi connectivity index (χ4v) is 3.64. The molecule has 1 aromatic carbocycles. The average Bonchev–Trinajstić information content (AvgIpc) is 3.12. The van der Waals surface area contributed by atoms with Crippen LogP contribution in [0.15, 0.2) is 24.3 Å². The first kappa shape index (κ1) is 24.4. The Morgan fingerprint density at radius 3 is 2.68 bits per heavy atom. The van der Waals surface area contributed by atoms with Crippen LogP contribution in [0.25, 0.3) is 6.08 Å². The fraction of sp³-hybridized carbons (Fsp3) is 0.435. The largest absolute Gasteiger partial charge is 0.493 e. The number of aryl methyl sites for hydroxylation is 1. The number of rotatable bonds is 12. The normalized spacial score (nSPS) is 10.8. The lowest BCUT2D eigenvalue weighted by molar-refractivity contribution is -0.111. The summed E-state index contributed by atoms with van der Waals surface area (Å²) in [6.07, 6.45) is 7.63. The number of hydrogen-bond acceptors (Lipinski definition) is 7. The molecule has 2 aromatic rings. The Balaban J connectivity index is 1.96. The molecule has 0 unspecified atom stereocenters. The van der Waals surface area contributed by atoms with E-state index in [4.69, 9.17) is 14.2 Å². The van der Waals surface area contributed by atoms with Crippen molar-refractivity contribution in [3.05, 3.63) is 40.4 Å². The third kappa shape index (κ3) is 7.71. The maximum Gasteiger partial charge on any atom is 0.350 e. The van der Waals surface area contributed by atoms with E-state index in [0.29, 0.717) is 33.8 Å². The Morgan fingerprint density at radius 2 is 1.97 bits per heavy atom. The Hall–Kier alpha value is -2.87. The van der Waals surface area contributed by atoms with Crippen LogP contribution in [0.5, 0.6) is 11.5 Å². The number of esters is 1. The SMILES string of the molecule is CCCCCCOc1ccc(/C=C/C(=O)Nc2nc(C)c(C(=O)OCC)s2)cc1OC. The van der Waals surface area contributed by atoms with Crippen molar-refractivity contribution >= 4 is 34.4 Å². The van der Waals surface area contributed by atoms with Crippen molar-refractivity contribution < 1.29 is 23.8 Å². The minimum Gasteiger partial charge on any atom is -0.493 e. The molecular weight excluding hydrogens is 416 g/mol. The van der Waals surface area contributed by atoms with Gasteiger partial charge in [0, 0.05) is 6.08 Å². The predicted molar refractivity (Wildman–Crippen MR) is 123 cm³/mol. The van der Waals surface area contributed by atoms with E-state index in [-0.39, 0.29) is 12.5 Å². The monoisotopic (exact) mass is 446 g/mol. The van der Waals surface area contributed by atoms with Crippen molar-refractivity contribution in [2.75, 3.05) is 25.6 Å². The standard InChI is InChI=1S/C23H30N2O5S/c1-5-7-8-9-14-30-18-12-10-17(15-19(18)28-4)11-13-20(26)25-23-24-16(3)21(31-23)22(27)29-6-2/h10-13,15H,5-9,14H2,1-4H3,(H,24,25,26)/b13-11+. The van der Waals surface area contributed by atoms with Crippen molar-refractivity contribution in [3.8, 4) is 11.5 Å².